The van der Waals surface area contributed by atoms with E-state index in [1.807, 2.05) is 6.07 Å². The number of benzene rings is 3. The maximum atomic E-state index is 12.9. The number of alkyl halides is 5. The molecule has 0 heterocycles. The Morgan fingerprint density at radius 2 is 1.57 bits per heavy atom. The molecule has 0 radical (unpaired) electrons. The average Bonchev–Trinajstić information content (AvgIpc) is 2.84. The lowest BCUT2D eigenvalue weighted by molar-refractivity contribution is -0.137. The molecule has 0 fully saturated rings. The number of nitrogens with one attached hydrogen (secondary N) is 2. The molecule has 0 aliphatic rings. The smallest absolute Gasteiger partial charge is 0.416 e. The Labute approximate surface area is 200 Å². The molecule has 2 N–H and O–H groups in total. The zero-order valence-electron chi connectivity index (χ0n) is 18.9. The van der Waals surface area contributed by atoms with E-state index in [4.69, 9.17) is 0 Å². The zero-order valence-corrected chi connectivity index (χ0v) is 18.9. The van der Waals surface area contributed by atoms with E-state index in [9.17, 15) is 26.7 Å². The van der Waals surface area contributed by atoms with Gasteiger partial charge in [-0.05, 0) is 53.8 Å². The molecule has 3 rings (SSSR count). The number of hydrogen-bond donors (Lipinski definition) is 2. The fourth-order valence-corrected chi connectivity index (χ4v) is 3.74. The Morgan fingerprint density at radius 1 is 0.914 bits per heavy atom. The number of carbonyl (C=O) groups is 1. The molecule has 0 spiro atoms. The van der Waals surface area contributed by atoms with Crippen LogP contribution in [0.2, 0.25) is 0 Å². The highest BCUT2D eigenvalue weighted by molar-refractivity contribution is 5.83. The Bertz CT molecular complexity index is 1090. The van der Waals surface area contributed by atoms with Crippen molar-refractivity contribution in [3.8, 4) is 5.75 Å². The number of halogens is 5. The van der Waals surface area contributed by atoms with Gasteiger partial charge in [0.1, 0.15) is 11.8 Å². The minimum absolute atomic E-state index is 0.0324. The minimum Gasteiger partial charge on any atom is -0.435 e. The van der Waals surface area contributed by atoms with Gasteiger partial charge in [0.2, 0.25) is 5.91 Å². The van der Waals surface area contributed by atoms with Crippen LogP contribution in [0.15, 0.2) is 78.9 Å². The summed E-state index contributed by atoms with van der Waals surface area (Å²) in [5, 5.41) is 5.91. The number of amides is 1. The Morgan fingerprint density at radius 3 is 2.17 bits per heavy atom. The van der Waals surface area contributed by atoms with E-state index in [0.29, 0.717) is 29.5 Å². The highest BCUT2D eigenvalue weighted by atomic mass is 19.4. The lowest BCUT2D eigenvalue weighted by Crippen LogP contribution is -2.38. The monoisotopic (exact) mass is 492 g/mol. The molecule has 3 aromatic rings. The van der Waals surface area contributed by atoms with Crippen molar-refractivity contribution in [1.29, 1.82) is 0 Å². The first-order valence-electron chi connectivity index (χ1n) is 10.9. The maximum Gasteiger partial charge on any atom is 0.416 e. The number of carbonyl (C=O) groups excluding carboxylic acids is 1. The van der Waals surface area contributed by atoms with Gasteiger partial charge in [-0.2, -0.15) is 22.0 Å². The quantitative estimate of drug-likeness (QED) is 0.339. The molecule has 0 aliphatic carbocycles. The first-order chi connectivity index (χ1) is 16.7. The summed E-state index contributed by atoms with van der Waals surface area (Å²) in [6.45, 7) is -2.99. The van der Waals surface area contributed by atoms with Gasteiger partial charge in [-0.15, -0.1) is 0 Å². The third-order valence-corrected chi connectivity index (χ3v) is 5.50. The molecule has 3 aromatic carbocycles. The van der Waals surface area contributed by atoms with E-state index < -0.39 is 30.4 Å². The van der Waals surface area contributed by atoms with Crippen LogP contribution in [0.3, 0.4) is 0 Å². The van der Waals surface area contributed by atoms with Crippen molar-refractivity contribution in [2.45, 2.75) is 37.7 Å². The normalized spacial score (nSPS) is 13.3. The van der Waals surface area contributed by atoms with Crippen LogP contribution in [0.5, 0.6) is 5.75 Å². The number of likely N-dealkylation sites (N-methyl/N-ethyl adjacent to an activating group) is 1. The second-order valence-electron chi connectivity index (χ2n) is 7.86. The molecule has 0 aromatic heterocycles. The standard InChI is InChI=1S/C26H25F5N2O2/c1-32-24(34)23(18-6-3-2-4-7-18)33-22(19-8-5-9-21(16-19)35-25(27)28)15-12-17-10-13-20(14-11-17)26(29,30)31/h2-11,13-14,16,22-23,25,33H,12,15H2,1H3,(H,32,34)/t22-,23+/m1/s1. The van der Waals surface area contributed by atoms with Gasteiger partial charge in [0.05, 0.1) is 5.56 Å². The van der Waals surface area contributed by atoms with Crippen molar-refractivity contribution >= 4 is 5.91 Å². The van der Waals surface area contributed by atoms with Crippen molar-refractivity contribution in [3.05, 3.63) is 101 Å². The SMILES string of the molecule is CNC(=O)[C@@H](N[C@H](CCc1ccc(C(F)(F)F)cc1)c1cccc(OC(F)F)c1)c1ccccc1. The summed E-state index contributed by atoms with van der Waals surface area (Å²) < 4.78 is 68.7. The molecule has 9 heteroatoms. The maximum absolute atomic E-state index is 12.9. The molecule has 0 saturated heterocycles. The van der Waals surface area contributed by atoms with Gasteiger partial charge >= 0.3 is 12.8 Å². The van der Waals surface area contributed by atoms with Crippen molar-refractivity contribution in [2.24, 2.45) is 0 Å². The predicted octanol–water partition coefficient (Wildman–Crippen LogP) is 6.06. The van der Waals surface area contributed by atoms with Crippen molar-refractivity contribution in [2.75, 3.05) is 7.05 Å². The molecule has 4 nitrogen and oxygen atoms in total. The van der Waals surface area contributed by atoms with Gasteiger partial charge in [0.15, 0.2) is 0 Å². The van der Waals surface area contributed by atoms with E-state index in [0.717, 1.165) is 12.1 Å². The summed E-state index contributed by atoms with van der Waals surface area (Å²) >= 11 is 0. The molecular weight excluding hydrogens is 467 g/mol. The van der Waals surface area contributed by atoms with Crippen LogP contribution in [0, 0.1) is 0 Å². The topological polar surface area (TPSA) is 50.4 Å². The van der Waals surface area contributed by atoms with Crippen LogP contribution < -0.4 is 15.4 Å². The molecule has 0 unspecified atom stereocenters. The molecular formula is C26H25F5N2O2. The third kappa shape index (κ3) is 7.51. The molecule has 0 bridgehead atoms. The Balaban J connectivity index is 1.88. The predicted molar refractivity (Wildman–Crippen MR) is 122 cm³/mol. The van der Waals surface area contributed by atoms with Gasteiger partial charge in [-0.1, -0.05) is 54.6 Å². The zero-order chi connectivity index (χ0) is 25.4. The van der Waals surface area contributed by atoms with Crippen LogP contribution >= 0.6 is 0 Å². The summed E-state index contributed by atoms with van der Waals surface area (Å²) in [5.74, 6) is -0.328. The van der Waals surface area contributed by atoms with Crippen LogP contribution in [0.4, 0.5) is 22.0 Å². The number of rotatable bonds is 10. The summed E-state index contributed by atoms with van der Waals surface area (Å²) in [5.41, 5.74) is 1.23. The van der Waals surface area contributed by atoms with Crippen LogP contribution in [0.1, 0.15) is 40.8 Å². The van der Waals surface area contributed by atoms with Crippen LogP contribution in [-0.2, 0) is 17.4 Å². The Kier molecular flexibility index (Phi) is 8.81. The first-order valence-corrected chi connectivity index (χ1v) is 10.9. The van der Waals surface area contributed by atoms with Crippen molar-refractivity contribution in [3.63, 3.8) is 0 Å². The fraction of sp³-hybridized carbons (Fsp3) is 0.269. The molecule has 1 amide bonds. The van der Waals surface area contributed by atoms with Gasteiger partial charge in [0, 0.05) is 13.1 Å². The van der Waals surface area contributed by atoms with E-state index in [1.54, 1.807) is 36.4 Å². The van der Waals surface area contributed by atoms with Crippen molar-refractivity contribution in [1.82, 2.24) is 10.6 Å². The average molecular weight is 492 g/mol. The summed E-state index contributed by atoms with van der Waals surface area (Å²) in [6, 6.07) is 18.7. The number of ether oxygens (including phenoxy) is 1. The van der Waals surface area contributed by atoms with E-state index in [1.165, 1.54) is 31.3 Å². The molecule has 0 saturated carbocycles. The largest absolute Gasteiger partial charge is 0.435 e. The molecule has 186 valence electrons. The van der Waals surface area contributed by atoms with Crippen LogP contribution in [0.25, 0.3) is 0 Å². The molecule has 2 atom stereocenters. The van der Waals surface area contributed by atoms with Crippen molar-refractivity contribution < 1.29 is 31.5 Å². The summed E-state index contributed by atoms with van der Waals surface area (Å²) in [6.07, 6.45) is -3.67. The Hall–Kier alpha value is -3.46. The van der Waals surface area contributed by atoms with Gasteiger partial charge in [-0.3, -0.25) is 10.1 Å². The minimum atomic E-state index is -4.43. The third-order valence-electron chi connectivity index (χ3n) is 5.50. The first kappa shape index (κ1) is 26.2. The highest BCUT2D eigenvalue weighted by Crippen LogP contribution is 2.31. The lowest BCUT2D eigenvalue weighted by atomic mass is 9.96. The number of aryl methyl sites for hydroxylation is 1. The fourth-order valence-electron chi connectivity index (χ4n) is 3.74. The van der Waals surface area contributed by atoms with Gasteiger partial charge < -0.3 is 10.1 Å². The molecule has 0 aliphatic heterocycles. The van der Waals surface area contributed by atoms with E-state index >= 15 is 0 Å². The van der Waals surface area contributed by atoms with E-state index in [-0.39, 0.29) is 11.7 Å². The van der Waals surface area contributed by atoms with Gasteiger partial charge in [-0.25, -0.2) is 0 Å². The summed E-state index contributed by atoms with van der Waals surface area (Å²) in [7, 11) is 1.51. The van der Waals surface area contributed by atoms with Gasteiger partial charge in [0.25, 0.3) is 0 Å². The highest BCUT2D eigenvalue weighted by Gasteiger charge is 2.30. The summed E-state index contributed by atoms with van der Waals surface area (Å²) in [4.78, 5) is 12.7. The number of hydrogen-bond acceptors (Lipinski definition) is 3. The second-order valence-corrected chi connectivity index (χ2v) is 7.86. The van der Waals surface area contributed by atoms with E-state index in [2.05, 4.69) is 15.4 Å². The second kappa shape index (κ2) is 11.8. The molecule has 35 heavy (non-hydrogen) atoms. The lowest BCUT2D eigenvalue weighted by Gasteiger charge is -2.26. The van der Waals surface area contributed by atoms with Crippen LogP contribution in [-0.4, -0.2) is 19.6 Å².